The van der Waals surface area contributed by atoms with E-state index in [1.54, 1.807) is 18.2 Å². The number of nitrogen functional groups attached to an aromatic ring is 1. The lowest BCUT2D eigenvalue weighted by Gasteiger charge is -2.35. The van der Waals surface area contributed by atoms with Gasteiger partial charge in [-0.1, -0.05) is 17.7 Å². The van der Waals surface area contributed by atoms with Crippen molar-refractivity contribution in [1.29, 1.82) is 0 Å². The van der Waals surface area contributed by atoms with Gasteiger partial charge in [0.05, 0.1) is 16.3 Å². The molecule has 0 radical (unpaired) electrons. The van der Waals surface area contributed by atoms with Crippen LogP contribution in [0.25, 0.3) is 0 Å². The largest absolute Gasteiger partial charge is 0.397 e. The smallest absolute Gasteiger partial charge is 0.255 e. The summed E-state index contributed by atoms with van der Waals surface area (Å²) in [5.41, 5.74) is 6.77. The summed E-state index contributed by atoms with van der Waals surface area (Å²) in [5.74, 6) is -0.0165. The molecule has 2 rings (SSSR count). The van der Waals surface area contributed by atoms with Gasteiger partial charge in [0, 0.05) is 19.1 Å². The third-order valence-electron chi connectivity index (χ3n) is 3.77. The van der Waals surface area contributed by atoms with Crippen molar-refractivity contribution in [2.75, 3.05) is 32.9 Å². The molecule has 2 N–H and O–H groups in total. The van der Waals surface area contributed by atoms with Crippen molar-refractivity contribution in [3.63, 3.8) is 0 Å². The van der Waals surface area contributed by atoms with Crippen LogP contribution in [0.1, 0.15) is 23.2 Å². The van der Waals surface area contributed by atoms with E-state index in [0.717, 1.165) is 25.9 Å². The zero-order chi connectivity index (χ0) is 14.0. The van der Waals surface area contributed by atoms with Gasteiger partial charge in [-0.25, -0.2) is 0 Å². The number of para-hydroxylation sites is 1. The van der Waals surface area contributed by atoms with Gasteiger partial charge in [0.2, 0.25) is 0 Å². The van der Waals surface area contributed by atoms with Crippen molar-refractivity contribution in [1.82, 2.24) is 9.80 Å². The first-order valence-electron chi connectivity index (χ1n) is 6.50. The highest BCUT2D eigenvalue weighted by Gasteiger charge is 2.25. The standard InChI is InChI=1S/C14H20ClN3O/c1-17(2)10-6-8-18(9-7-10)14(19)11-4-3-5-12(15)13(11)16/h3-5,10H,6-9,16H2,1-2H3. The maximum atomic E-state index is 12.4. The molecule has 1 saturated heterocycles. The van der Waals surface area contributed by atoms with Gasteiger partial charge < -0.3 is 15.5 Å². The number of anilines is 1. The van der Waals surface area contributed by atoms with E-state index in [4.69, 9.17) is 17.3 Å². The van der Waals surface area contributed by atoms with Crippen molar-refractivity contribution in [3.05, 3.63) is 28.8 Å². The average Bonchev–Trinajstić information content (AvgIpc) is 2.41. The number of halogens is 1. The normalized spacial score (nSPS) is 16.9. The number of likely N-dealkylation sites (tertiary alicyclic amines) is 1. The number of carbonyl (C=O) groups is 1. The Morgan fingerprint density at radius 1 is 1.37 bits per heavy atom. The lowest BCUT2D eigenvalue weighted by atomic mass is 10.0. The molecule has 4 nitrogen and oxygen atoms in total. The molecule has 0 aromatic heterocycles. The summed E-state index contributed by atoms with van der Waals surface area (Å²) in [4.78, 5) is 16.5. The summed E-state index contributed by atoms with van der Waals surface area (Å²) in [6.45, 7) is 1.54. The van der Waals surface area contributed by atoms with E-state index in [0.29, 0.717) is 22.3 Å². The third-order valence-corrected chi connectivity index (χ3v) is 4.09. The molecule has 0 atom stereocenters. The molecule has 0 bridgehead atoms. The van der Waals surface area contributed by atoms with Crippen LogP contribution in [0.2, 0.25) is 5.02 Å². The van der Waals surface area contributed by atoms with Crippen LogP contribution < -0.4 is 5.73 Å². The molecule has 1 aliphatic rings. The summed E-state index contributed by atoms with van der Waals surface area (Å²) in [6, 6.07) is 5.76. The quantitative estimate of drug-likeness (QED) is 0.845. The molecule has 1 aromatic rings. The summed E-state index contributed by atoms with van der Waals surface area (Å²) in [5, 5.41) is 0.439. The molecule has 1 aromatic carbocycles. The second kappa shape index (κ2) is 5.80. The molecule has 19 heavy (non-hydrogen) atoms. The molecule has 0 aliphatic carbocycles. The molecular formula is C14H20ClN3O. The molecule has 1 aliphatic heterocycles. The lowest BCUT2D eigenvalue weighted by molar-refractivity contribution is 0.0664. The maximum Gasteiger partial charge on any atom is 0.255 e. The van der Waals surface area contributed by atoms with Crippen molar-refractivity contribution in [2.24, 2.45) is 0 Å². The topological polar surface area (TPSA) is 49.6 Å². The molecule has 104 valence electrons. The van der Waals surface area contributed by atoms with Gasteiger partial charge in [0.15, 0.2) is 0 Å². The Bertz CT molecular complexity index is 468. The van der Waals surface area contributed by atoms with E-state index in [1.807, 2.05) is 4.90 Å². The molecule has 0 spiro atoms. The van der Waals surface area contributed by atoms with E-state index >= 15 is 0 Å². The molecule has 0 unspecified atom stereocenters. The molecule has 1 fully saturated rings. The first-order valence-corrected chi connectivity index (χ1v) is 6.88. The van der Waals surface area contributed by atoms with Crippen molar-refractivity contribution in [2.45, 2.75) is 18.9 Å². The third kappa shape index (κ3) is 3.01. The van der Waals surface area contributed by atoms with Gasteiger partial charge in [-0.15, -0.1) is 0 Å². The van der Waals surface area contributed by atoms with Gasteiger partial charge in [-0.05, 0) is 39.1 Å². The number of nitrogens with zero attached hydrogens (tertiary/aromatic N) is 2. The maximum absolute atomic E-state index is 12.4. The molecular weight excluding hydrogens is 262 g/mol. The number of rotatable bonds is 2. The van der Waals surface area contributed by atoms with Crippen LogP contribution in [0.3, 0.4) is 0 Å². The van der Waals surface area contributed by atoms with Crippen LogP contribution in [0, 0.1) is 0 Å². The minimum absolute atomic E-state index is 0.0165. The van der Waals surface area contributed by atoms with E-state index in [-0.39, 0.29) is 5.91 Å². The lowest BCUT2D eigenvalue weighted by Crippen LogP contribution is -2.44. The number of amides is 1. The van der Waals surface area contributed by atoms with Gasteiger partial charge in [-0.2, -0.15) is 0 Å². The van der Waals surface area contributed by atoms with Gasteiger partial charge in [0.1, 0.15) is 0 Å². The highest BCUT2D eigenvalue weighted by molar-refractivity contribution is 6.33. The van der Waals surface area contributed by atoms with E-state index in [2.05, 4.69) is 19.0 Å². The fourth-order valence-electron chi connectivity index (χ4n) is 2.48. The van der Waals surface area contributed by atoms with Crippen molar-refractivity contribution in [3.8, 4) is 0 Å². The van der Waals surface area contributed by atoms with Crippen molar-refractivity contribution >= 4 is 23.2 Å². The number of carbonyl (C=O) groups excluding carboxylic acids is 1. The fraction of sp³-hybridized carbons (Fsp3) is 0.500. The predicted octanol–water partition coefficient (Wildman–Crippen LogP) is 2.09. The highest BCUT2D eigenvalue weighted by atomic mass is 35.5. The molecule has 5 heteroatoms. The van der Waals surface area contributed by atoms with E-state index < -0.39 is 0 Å². The molecule has 0 saturated carbocycles. The van der Waals surface area contributed by atoms with Crippen LogP contribution in [-0.2, 0) is 0 Å². The Hall–Kier alpha value is -1.26. The predicted molar refractivity (Wildman–Crippen MR) is 78.5 cm³/mol. The minimum atomic E-state index is -0.0165. The van der Waals surface area contributed by atoms with Crippen LogP contribution in [-0.4, -0.2) is 48.9 Å². The molecule has 1 amide bonds. The second-order valence-corrected chi connectivity index (χ2v) is 5.60. The Kier molecular flexibility index (Phi) is 4.32. The Morgan fingerprint density at radius 2 is 2.00 bits per heavy atom. The number of hydrogen-bond acceptors (Lipinski definition) is 3. The second-order valence-electron chi connectivity index (χ2n) is 5.19. The highest BCUT2D eigenvalue weighted by Crippen LogP contribution is 2.25. The SMILES string of the molecule is CN(C)C1CCN(C(=O)c2cccc(Cl)c2N)CC1. The van der Waals surface area contributed by atoms with Gasteiger partial charge in [0.25, 0.3) is 5.91 Å². The van der Waals surface area contributed by atoms with Crippen LogP contribution in [0.15, 0.2) is 18.2 Å². The number of hydrogen-bond donors (Lipinski definition) is 1. The number of piperidine rings is 1. The zero-order valence-electron chi connectivity index (χ0n) is 11.4. The Morgan fingerprint density at radius 3 is 2.58 bits per heavy atom. The zero-order valence-corrected chi connectivity index (χ0v) is 12.2. The van der Waals surface area contributed by atoms with Gasteiger partial charge >= 0.3 is 0 Å². The first kappa shape index (κ1) is 14.2. The van der Waals surface area contributed by atoms with Gasteiger partial charge in [-0.3, -0.25) is 4.79 Å². The first-order chi connectivity index (χ1) is 9.00. The summed E-state index contributed by atoms with van der Waals surface area (Å²) in [6.07, 6.45) is 2.00. The average molecular weight is 282 g/mol. The summed E-state index contributed by atoms with van der Waals surface area (Å²) >= 11 is 5.96. The van der Waals surface area contributed by atoms with Crippen LogP contribution in [0.5, 0.6) is 0 Å². The van der Waals surface area contributed by atoms with E-state index in [9.17, 15) is 4.79 Å². The van der Waals surface area contributed by atoms with Crippen LogP contribution in [0.4, 0.5) is 5.69 Å². The number of benzene rings is 1. The fourth-order valence-corrected chi connectivity index (χ4v) is 2.65. The Balaban J connectivity index is 2.07. The van der Waals surface area contributed by atoms with Crippen molar-refractivity contribution < 1.29 is 4.79 Å². The van der Waals surface area contributed by atoms with E-state index in [1.165, 1.54) is 0 Å². The summed E-state index contributed by atoms with van der Waals surface area (Å²) in [7, 11) is 4.16. The van der Waals surface area contributed by atoms with Crippen LogP contribution >= 0.6 is 11.6 Å². The molecule has 1 heterocycles. The summed E-state index contributed by atoms with van der Waals surface area (Å²) < 4.78 is 0. The Labute approximate surface area is 119 Å². The monoisotopic (exact) mass is 281 g/mol. The minimum Gasteiger partial charge on any atom is -0.397 e. The number of nitrogens with two attached hydrogens (primary N) is 1.